The lowest BCUT2D eigenvalue weighted by atomic mass is 10.1. The van der Waals surface area contributed by atoms with Gasteiger partial charge in [0.2, 0.25) is 0 Å². The van der Waals surface area contributed by atoms with Gasteiger partial charge in [-0.25, -0.2) is 9.98 Å². The minimum atomic E-state index is 0. The first-order valence-corrected chi connectivity index (χ1v) is 7.48. The zero-order valence-corrected chi connectivity index (χ0v) is 16.5. The predicted octanol–water partition coefficient (Wildman–Crippen LogP) is 2.34. The van der Waals surface area contributed by atoms with Gasteiger partial charge in [0, 0.05) is 27.2 Å². The summed E-state index contributed by atoms with van der Waals surface area (Å²) in [7, 11) is 3.92. The topological polar surface area (TPSA) is 58.3 Å². The lowest BCUT2D eigenvalue weighted by Crippen LogP contribution is -2.38. The van der Waals surface area contributed by atoms with E-state index in [1.54, 1.807) is 11.0 Å². The molecule has 0 atom stereocenters. The SMILES string of the molecule is CCNC(=NCc1ncnn1C)N(C)Cc1ccccc1C.I. The van der Waals surface area contributed by atoms with Gasteiger partial charge in [0.1, 0.15) is 18.7 Å². The molecule has 1 heterocycles. The van der Waals surface area contributed by atoms with Gasteiger partial charge in [-0.2, -0.15) is 5.10 Å². The molecule has 126 valence electrons. The Hall–Kier alpha value is -1.64. The fraction of sp³-hybridized carbons (Fsp3) is 0.438. The van der Waals surface area contributed by atoms with E-state index in [0.29, 0.717) is 6.54 Å². The normalized spacial score (nSPS) is 11.0. The maximum absolute atomic E-state index is 4.65. The van der Waals surface area contributed by atoms with Crippen LogP contribution in [0.1, 0.15) is 23.9 Å². The van der Waals surface area contributed by atoms with E-state index in [4.69, 9.17) is 0 Å². The van der Waals surface area contributed by atoms with Crippen LogP contribution in [0.3, 0.4) is 0 Å². The molecule has 1 aromatic heterocycles. The van der Waals surface area contributed by atoms with Gasteiger partial charge < -0.3 is 10.2 Å². The van der Waals surface area contributed by atoms with Crippen molar-refractivity contribution in [2.45, 2.75) is 26.9 Å². The highest BCUT2D eigenvalue weighted by Crippen LogP contribution is 2.09. The molecule has 0 amide bonds. The maximum Gasteiger partial charge on any atom is 0.194 e. The molecule has 0 aliphatic rings. The van der Waals surface area contributed by atoms with Crippen LogP contribution < -0.4 is 5.32 Å². The van der Waals surface area contributed by atoms with Crippen LogP contribution in [-0.4, -0.2) is 39.2 Å². The first kappa shape index (κ1) is 19.4. The molecule has 0 fully saturated rings. The summed E-state index contributed by atoms with van der Waals surface area (Å²) in [6, 6.07) is 8.41. The van der Waals surface area contributed by atoms with Crippen molar-refractivity contribution in [2.24, 2.45) is 12.0 Å². The number of hydrogen-bond donors (Lipinski definition) is 1. The summed E-state index contributed by atoms with van der Waals surface area (Å²) >= 11 is 0. The number of nitrogens with zero attached hydrogens (tertiary/aromatic N) is 5. The first-order chi connectivity index (χ1) is 10.6. The standard InChI is InChI=1S/C16H24N6.HI/c1-5-17-16(18-10-15-19-12-20-22(15)4)21(3)11-14-9-7-6-8-13(14)2;/h6-9,12H,5,10-11H2,1-4H3,(H,17,18);1H. The number of aromatic nitrogens is 3. The minimum absolute atomic E-state index is 0. The molecule has 1 N–H and O–H groups in total. The van der Waals surface area contributed by atoms with E-state index in [2.05, 4.69) is 63.4 Å². The minimum Gasteiger partial charge on any atom is -0.357 e. The molecular formula is C16H25IN6. The highest BCUT2D eigenvalue weighted by Gasteiger charge is 2.08. The molecule has 6 nitrogen and oxygen atoms in total. The largest absolute Gasteiger partial charge is 0.357 e. The molecule has 1 aromatic carbocycles. The lowest BCUT2D eigenvalue weighted by Gasteiger charge is -2.23. The third-order valence-corrected chi connectivity index (χ3v) is 3.54. The van der Waals surface area contributed by atoms with Crippen LogP contribution in [0.2, 0.25) is 0 Å². The smallest absolute Gasteiger partial charge is 0.194 e. The van der Waals surface area contributed by atoms with Gasteiger partial charge in [-0.05, 0) is 25.0 Å². The molecule has 0 spiro atoms. The fourth-order valence-electron chi connectivity index (χ4n) is 2.20. The number of nitrogens with one attached hydrogen (secondary N) is 1. The van der Waals surface area contributed by atoms with Crippen molar-refractivity contribution in [1.29, 1.82) is 0 Å². The summed E-state index contributed by atoms with van der Waals surface area (Å²) < 4.78 is 1.74. The van der Waals surface area contributed by atoms with Gasteiger partial charge in [-0.3, -0.25) is 4.68 Å². The Morgan fingerprint density at radius 1 is 1.35 bits per heavy atom. The van der Waals surface area contributed by atoms with E-state index >= 15 is 0 Å². The molecule has 2 rings (SSSR count). The van der Waals surface area contributed by atoms with Crippen molar-refractivity contribution in [3.05, 3.63) is 47.5 Å². The van der Waals surface area contributed by atoms with E-state index < -0.39 is 0 Å². The van der Waals surface area contributed by atoms with Crippen LogP contribution in [0.25, 0.3) is 0 Å². The van der Waals surface area contributed by atoms with Crippen molar-refractivity contribution in [2.75, 3.05) is 13.6 Å². The zero-order chi connectivity index (χ0) is 15.9. The highest BCUT2D eigenvalue weighted by molar-refractivity contribution is 14.0. The second kappa shape index (κ2) is 9.49. The zero-order valence-electron chi connectivity index (χ0n) is 14.2. The molecular weight excluding hydrogens is 403 g/mol. The second-order valence-electron chi connectivity index (χ2n) is 5.25. The van der Waals surface area contributed by atoms with Crippen LogP contribution in [0.5, 0.6) is 0 Å². The fourth-order valence-corrected chi connectivity index (χ4v) is 2.20. The Balaban J connectivity index is 0.00000264. The van der Waals surface area contributed by atoms with E-state index in [1.165, 1.54) is 11.1 Å². The monoisotopic (exact) mass is 428 g/mol. The van der Waals surface area contributed by atoms with Crippen molar-refractivity contribution in [3.63, 3.8) is 0 Å². The summed E-state index contributed by atoms with van der Waals surface area (Å²) in [4.78, 5) is 11.0. The highest BCUT2D eigenvalue weighted by atomic mass is 127. The Morgan fingerprint density at radius 2 is 2.09 bits per heavy atom. The number of rotatable bonds is 5. The Kier molecular flexibility index (Phi) is 8.01. The molecule has 0 bridgehead atoms. The summed E-state index contributed by atoms with van der Waals surface area (Å²) in [5.74, 6) is 1.72. The summed E-state index contributed by atoms with van der Waals surface area (Å²) in [5, 5.41) is 7.39. The van der Waals surface area contributed by atoms with Crippen LogP contribution >= 0.6 is 24.0 Å². The molecule has 7 heteroatoms. The van der Waals surface area contributed by atoms with Crippen molar-refractivity contribution in [1.82, 2.24) is 25.0 Å². The third kappa shape index (κ3) is 5.49. The van der Waals surface area contributed by atoms with Crippen LogP contribution in [0, 0.1) is 6.92 Å². The van der Waals surface area contributed by atoms with Gasteiger partial charge >= 0.3 is 0 Å². The molecule has 0 aliphatic carbocycles. The van der Waals surface area contributed by atoms with Gasteiger partial charge in [0.25, 0.3) is 0 Å². The molecule has 2 aromatic rings. The maximum atomic E-state index is 4.65. The Labute approximate surface area is 155 Å². The molecule has 0 aliphatic heterocycles. The number of aryl methyl sites for hydroxylation is 2. The Bertz CT molecular complexity index is 637. The second-order valence-corrected chi connectivity index (χ2v) is 5.25. The number of halogens is 1. The number of benzene rings is 1. The van der Waals surface area contributed by atoms with Gasteiger partial charge in [0.05, 0.1) is 0 Å². The van der Waals surface area contributed by atoms with Gasteiger partial charge in [0.15, 0.2) is 5.96 Å². The van der Waals surface area contributed by atoms with E-state index in [-0.39, 0.29) is 24.0 Å². The predicted molar refractivity (Wildman–Crippen MR) is 104 cm³/mol. The van der Waals surface area contributed by atoms with Crippen LogP contribution in [0.4, 0.5) is 0 Å². The summed E-state index contributed by atoms with van der Waals surface area (Å²) in [5.41, 5.74) is 2.59. The van der Waals surface area contributed by atoms with Gasteiger partial charge in [-0.15, -0.1) is 24.0 Å². The summed E-state index contributed by atoms with van der Waals surface area (Å²) in [6.45, 7) is 6.36. The quantitative estimate of drug-likeness (QED) is 0.451. The number of hydrogen-bond acceptors (Lipinski definition) is 3. The summed E-state index contributed by atoms with van der Waals surface area (Å²) in [6.07, 6.45) is 1.55. The lowest BCUT2D eigenvalue weighted by molar-refractivity contribution is 0.474. The molecule has 0 saturated carbocycles. The molecule has 0 radical (unpaired) electrons. The molecule has 0 unspecified atom stereocenters. The number of aliphatic imine (C=N–C) groups is 1. The van der Waals surface area contributed by atoms with Crippen molar-refractivity contribution >= 4 is 29.9 Å². The number of guanidine groups is 1. The molecule has 23 heavy (non-hydrogen) atoms. The average molecular weight is 428 g/mol. The van der Waals surface area contributed by atoms with Crippen LogP contribution in [-0.2, 0) is 20.1 Å². The van der Waals surface area contributed by atoms with Crippen molar-refractivity contribution in [3.8, 4) is 0 Å². The van der Waals surface area contributed by atoms with Gasteiger partial charge in [-0.1, -0.05) is 24.3 Å². The van der Waals surface area contributed by atoms with Crippen LogP contribution in [0.15, 0.2) is 35.6 Å². The van der Waals surface area contributed by atoms with E-state index in [0.717, 1.165) is 24.9 Å². The Morgan fingerprint density at radius 3 is 2.70 bits per heavy atom. The van der Waals surface area contributed by atoms with E-state index in [9.17, 15) is 0 Å². The van der Waals surface area contributed by atoms with E-state index in [1.807, 2.05) is 14.1 Å². The average Bonchev–Trinajstić information content (AvgIpc) is 2.91. The first-order valence-electron chi connectivity index (χ1n) is 7.48. The third-order valence-electron chi connectivity index (χ3n) is 3.54. The van der Waals surface area contributed by atoms with Crippen molar-refractivity contribution < 1.29 is 0 Å². The molecule has 0 saturated heterocycles.